The van der Waals surface area contributed by atoms with Gasteiger partial charge in [-0.25, -0.2) is 8.42 Å². The predicted octanol–water partition coefficient (Wildman–Crippen LogP) is 3.64. The van der Waals surface area contributed by atoms with Crippen LogP contribution in [0.3, 0.4) is 0 Å². The van der Waals surface area contributed by atoms with E-state index in [0.29, 0.717) is 0 Å². The molecule has 0 amide bonds. The number of benzene rings is 3. The van der Waals surface area contributed by atoms with Gasteiger partial charge in [-0.2, -0.15) is 0 Å². The quantitative estimate of drug-likeness (QED) is 0.531. The van der Waals surface area contributed by atoms with Crippen molar-refractivity contribution in [3.05, 3.63) is 78.4 Å². The van der Waals surface area contributed by atoms with Gasteiger partial charge in [0.15, 0.2) is 0 Å². The van der Waals surface area contributed by atoms with Crippen LogP contribution < -0.4 is 0 Å². The van der Waals surface area contributed by atoms with Crippen molar-refractivity contribution < 1.29 is 17.5 Å². The summed E-state index contributed by atoms with van der Waals surface area (Å²) in [6.07, 6.45) is 0. The molecule has 4 nitrogen and oxygen atoms in total. The van der Waals surface area contributed by atoms with E-state index in [2.05, 4.69) is 51.5 Å². The maximum absolute atomic E-state index is 10.7. The second-order valence-electron chi connectivity index (χ2n) is 6.90. The van der Waals surface area contributed by atoms with Gasteiger partial charge < -0.3 is 9.04 Å². The molecule has 0 N–H and O–H groups in total. The average molecular weight is 357 g/mol. The smallest absolute Gasteiger partial charge is 0.124 e. The van der Waals surface area contributed by atoms with Crippen molar-refractivity contribution in [3.8, 4) is 0 Å². The summed E-state index contributed by atoms with van der Waals surface area (Å²) < 4.78 is 33.2. The molecule has 0 saturated heterocycles. The highest BCUT2D eigenvalue weighted by molar-refractivity contribution is 7.85. The Morgan fingerprint density at radius 3 is 1.92 bits per heavy atom. The fourth-order valence-electron chi connectivity index (χ4n) is 2.45. The second-order valence-corrected chi connectivity index (χ2v) is 8.28. The third-order valence-electron chi connectivity index (χ3n) is 3.51. The monoisotopic (exact) mass is 357 g/mol. The summed E-state index contributed by atoms with van der Waals surface area (Å²) in [5, 5.41) is 1.67. The zero-order chi connectivity index (χ0) is 18.5. The van der Waals surface area contributed by atoms with Crippen molar-refractivity contribution in [1.82, 2.24) is 0 Å². The highest BCUT2D eigenvalue weighted by Gasteiger charge is 2.06. The van der Waals surface area contributed by atoms with Gasteiger partial charge in [-0.3, -0.25) is 0 Å². The fraction of sp³-hybridized carbons (Fsp3) is 0.200. The van der Waals surface area contributed by atoms with Gasteiger partial charge in [0, 0.05) is 5.56 Å². The molecule has 3 rings (SSSR count). The van der Waals surface area contributed by atoms with Gasteiger partial charge in [0.1, 0.15) is 16.7 Å². The van der Waals surface area contributed by atoms with E-state index in [4.69, 9.17) is 0 Å². The van der Waals surface area contributed by atoms with E-state index in [1.807, 2.05) is 12.1 Å². The van der Waals surface area contributed by atoms with Crippen molar-refractivity contribution in [2.24, 2.45) is 0 Å². The van der Waals surface area contributed by atoms with E-state index < -0.39 is 10.1 Å². The number of quaternary nitrogens is 1. The summed E-state index contributed by atoms with van der Waals surface area (Å²) in [5.41, 5.74) is 1.40. The Balaban J connectivity index is 0.000000186. The minimum atomic E-state index is -4.34. The SMILES string of the molecule is C[N+](C)(C)Cc1ccccc1.O=S(=O)([O-])c1ccc2ccccc2c1. The lowest BCUT2D eigenvalue weighted by molar-refractivity contribution is -0.884. The van der Waals surface area contributed by atoms with E-state index in [1.165, 1.54) is 17.7 Å². The van der Waals surface area contributed by atoms with Gasteiger partial charge in [-0.1, -0.05) is 60.7 Å². The lowest BCUT2D eigenvalue weighted by Gasteiger charge is -2.23. The minimum absolute atomic E-state index is 0.184. The number of rotatable bonds is 3. The topological polar surface area (TPSA) is 57.2 Å². The molecule has 25 heavy (non-hydrogen) atoms. The second kappa shape index (κ2) is 7.78. The van der Waals surface area contributed by atoms with Crippen LogP contribution in [-0.4, -0.2) is 38.6 Å². The van der Waals surface area contributed by atoms with Crippen molar-refractivity contribution in [2.45, 2.75) is 11.4 Å². The van der Waals surface area contributed by atoms with Crippen LogP contribution in [0.1, 0.15) is 5.56 Å². The molecule has 0 unspecified atom stereocenters. The largest absolute Gasteiger partial charge is 0.744 e. The number of fused-ring (bicyclic) bond motifs is 1. The zero-order valence-electron chi connectivity index (χ0n) is 14.7. The zero-order valence-corrected chi connectivity index (χ0v) is 15.5. The molecule has 0 radical (unpaired) electrons. The molecule has 0 aliphatic rings. The molecule has 3 aromatic carbocycles. The Morgan fingerprint density at radius 1 is 0.800 bits per heavy atom. The fourth-order valence-corrected chi connectivity index (χ4v) is 2.96. The van der Waals surface area contributed by atoms with Crippen LogP contribution in [0.25, 0.3) is 10.8 Å². The van der Waals surface area contributed by atoms with Gasteiger partial charge in [0.2, 0.25) is 0 Å². The van der Waals surface area contributed by atoms with Crippen LogP contribution in [0.15, 0.2) is 77.7 Å². The first-order chi connectivity index (χ1) is 11.6. The Hall–Kier alpha value is -2.21. The Kier molecular flexibility index (Phi) is 5.95. The van der Waals surface area contributed by atoms with Crippen LogP contribution in [0.2, 0.25) is 0 Å². The van der Waals surface area contributed by atoms with Crippen molar-refractivity contribution in [1.29, 1.82) is 0 Å². The molecule has 0 atom stereocenters. The Bertz CT molecular complexity index is 930. The van der Waals surface area contributed by atoms with Crippen molar-refractivity contribution in [3.63, 3.8) is 0 Å². The Labute approximate surface area is 149 Å². The van der Waals surface area contributed by atoms with E-state index in [0.717, 1.165) is 21.8 Å². The first kappa shape index (κ1) is 19.1. The van der Waals surface area contributed by atoms with Crippen LogP contribution in [0, 0.1) is 0 Å². The van der Waals surface area contributed by atoms with Gasteiger partial charge >= 0.3 is 0 Å². The standard InChI is InChI=1S/C10H16N.C10H8O3S/c1-11(2,3)9-10-7-5-4-6-8-10;11-14(12,13)10-6-5-8-3-1-2-4-9(8)7-10/h4-8H,9H2,1-3H3;1-7H,(H,11,12,13)/q+1;/p-1. The maximum atomic E-state index is 10.7. The molecule has 5 heteroatoms. The molecule has 0 bridgehead atoms. The third-order valence-corrected chi connectivity index (χ3v) is 4.34. The van der Waals surface area contributed by atoms with Crippen LogP contribution in [0.5, 0.6) is 0 Å². The van der Waals surface area contributed by atoms with E-state index in [1.54, 1.807) is 18.2 Å². The molecular formula is C20H23NO3S. The molecule has 3 aromatic rings. The van der Waals surface area contributed by atoms with Gasteiger partial charge in [-0.05, 0) is 22.9 Å². The van der Waals surface area contributed by atoms with Crippen molar-refractivity contribution in [2.75, 3.05) is 21.1 Å². The number of hydrogen-bond acceptors (Lipinski definition) is 3. The summed E-state index contributed by atoms with van der Waals surface area (Å²) in [4.78, 5) is -0.184. The molecule has 132 valence electrons. The minimum Gasteiger partial charge on any atom is -0.744 e. The van der Waals surface area contributed by atoms with Crippen molar-refractivity contribution >= 4 is 20.9 Å². The van der Waals surface area contributed by atoms with Crippen LogP contribution in [-0.2, 0) is 16.7 Å². The first-order valence-electron chi connectivity index (χ1n) is 7.94. The highest BCUT2D eigenvalue weighted by atomic mass is 32.2. The maximum Gasteiger partial charge on any atom is 0.124 e. The molecule has 0 aliphatic carbocycles. The normalized spacial score (nSPS) is 11.7. The summed E-state index contributed by atoms with van der Waals surface area (Å²) in [5.74, 6) is 0. The predicted molar refractivity (Wildman–Crippen MR) is 100 cm³/mol. The molecule has 0 heterocycles. The lowest BCUT2D eigenvalue weighted by atomic mass is 10.1. The van der Waals surface area contributed by atoms with E-state index in [9.17, 15) is 13.0 Å². The highest BCUT2D eigenvalue weighted by Crippen LogP contribution is 2.18. The van der Waals surface area contributed by atoms with E-state index in [-0.39, 0.29) is 4.90 Å². The first-order valence-corrected chi connectivity index (χ1v) is 9.35. The van der Waals surface area contributed by atoms with Crippen LogP contribution in [0.4, 0.5) is 0 Å². The number of nitrogens with zero attached hydrogens (tertiary/aromatic N) is 1. The molecule has 0 saturated carbocycles. The van der Waals surface area contributed by atoms with E-state index >= 15 is 0 Å². The van der Waals surface area contributed by atoms with Gasteiger partial charge in [-0.15, -0.1) is 0 Å². The average Bonchev–Trinajstić information content (AvgIpc) is 2.53. The molecular weight excluding hydrogens is 334 g/mol. The Morgan fingerprint density at radius 2 is 1.36 bits per heavy atom. The summed E-state index contributed by atoms with van der Waals surface area (Å²) >= 11 is 0. The molecule has 0 aromatic heterocycles. The number of hydrogen-bond donors (Lipinski definition) is 0. The lowest BCUT2D eigenvalue weighted by Crippen LogP contribution is -2.33. The third kappa shape index (κ3) is 6.31. The van der Waals surface area contributed by atoms with Crippen LogP contribution >= 0.6 is 0 Å². The van der Waals surface area contributed by atoms with Gasteiger partial charge in [0.05, 0.1) is 26.0 Å². The molecule has 0 spiro atoms. The summed E-state index contributed by atoms with van der Waals surface area (Å²) in [7, 11) is 2.26. The molecule has 0 fully saturated rings. The summed E-state index contributed by atoms with van der Waals surface area (Å²) in [6.45, 7) is 1.10. The van der Waals surface area contributed by atoms with Gasteiger partial charge in [0.25, 0.3) is 0 Å². The molecule has 0 aliphatic heterocycles. The summed E-state index contributed by atoms with van der Waals surface area (Å²) in [6, 6.07) is 22.2.